The summed E-state index contributed by atoms with van der Waals surface area (Å²) in [5, 5.41) is 9.20. The maximum Gasteiger partial charge on any atom is 0.262 e. The van der Waals surface area contributed by atoms with Gasteiger partial charge >= 0.3 is 0 Å². The molecule has 0 atom stereocenters. The van der Waals surface area contributed by atoms with E-state index in [1.807, 2.05) is 0 Å². The van der Waals surface area contributed by atoms with Crippen molar-refractivity contribution in [2.45, 2.75) is 4.90 Å². The van der Waals surface area contributed by atoms with Crippen LogP contribution < -0.4 is 4.72 Å². The summed E-state index contributed by atoms with van der Waals surface area (Å²) in [6.45, 7) is 0. The van der Waals surface area contributed by atoms with E-state index in [2.05, 4.69) is 0 Å². The van der Waals surface area contributed by atoms with Gasteiger partial charge in [-0.1, -0.05) is 6.07 Å². The molecule has 0 aromatic heterocycles. The molecule has 0 amide bonds. The molecule has 20 heavy (non-hydrogen) atoms. The zero-order valence-corrected chi connectivity index (χ0v) is 10.6. The number of anilines is 1. The zero-order chi connectivity index (χ0) is 14.9. The minimum atomic E-state index is -4.23. The normalized spacial score (nSPS) is 11.3. The molecule has 8 heteroatoms. The minimum Gasteiger partial charge on any atom is -0.508 e. The van der Waals surface area contributed by atoms with E-state index in [4.69, 9.17) is 0 Å². The van der Waals surface area contributed by atoms with E-state index in [-0.39, 0.29) is 16.7 Å². The van der Waals surface area contributed by atoms with E-state index >= 15 is 0 Å². The quantitative estimate of drug-likeness (QED) is 0.857. The molecule has 0 aliphatic carbocycles. The van der Waals surface area contributed by atoms with Gasteiger partial charge in [0, 0.05) is 18.2 Å². The lowest BCUT2D eigenvalue weighted by atomic mass is 10.3. The highest BCUT2D eigenvalue weighted by Crippen LogP contribution is 2.23. The Kier molecular flexibility index (Phi) is 3.58. The summed E-state index contributed by atoms with van der Waals surface area (Å²) >= 11 is 0. The van der Waals surface area contributed by atoms with Crippen molar-refractivity contribution in [3.63, 3.8) is 0 Å². The molecule has 106 valence electrons. The maximum absolute atomic E-state index is 13.4. The van der Waals surface area contributed by atoms with Crippen LogP contribution in [0.15, 0.2) is 41.3 Å². The zero-order valence-electron chi connectivity index (χ0n) is 9.77. The summed E-state index contributed by atoms with van der Waals surface area (Å²) in [6.07, 6.45) is 0. The first-order valence-electron chi connectivity index (χ1n) is 5.26. The monoisotopic (exact) mass is 303 g/mol. The third-order valence-corrected chi connectivity index (χ3v) is 3.75. The summed E-state index contributed by atoms with van der Waals surface area (Å²) < 4.78 is 64.7. The van der Waals surface area contributed by atoms with Crippen LogP contribution in [0.3, 0.4) is 0 Å². The highest BCUT2D eigenvalue weighted by Gasteiger charge is 2.18. The number of phenols is 1. The van der Waals surface area contributed by atoms with Gasteiger partial charge < -0.3 is 5.11 Å². The Morgan fingerprint density at radius 2 is 1.60 bits per heavy atom. The molecular weight excluding hydrogens is 295 g/mol. The molecular formula is C12H8F3NO3S. The van der Waals surface area contributed by atoms with E-state index in [1.54, 1.807) is 4.72 Å². The van der Waals surface area contributed by atoms with E-state index in [1.165, 1.54) is 12.1 Å². The predicted molar refractivity (Wildman–Crippen MR) is 65.2 cm³/mol. The first kappa shape index (κ1) is 14.2. The molecule has 0 aliphatic heterocycles. The fourth-order valence-electron chi connectivity index (χ4n) is 1.46. The summed E-state index contributed by atoms with van der Waals surface area (Å²) in [4.78, 5) is -0.346. The van der Waals surface area contributed by atoms with Crippen LogP contribution in [0.25, 0.3) is 0 Å². The number of hydrogen-bond donors (Lipinski definition) is 2. The van der Waals surface area contributed by atoms with Crippen LogP contribution in [-0.2, 0) is 10.0 Å². The lowest BCUT2D eigenvalue weighted by Gasteiger charge is -2.09. The lowest BCUT2D eigenvalue weighted by Crippen LogP contribution is -2.14. The predicted octanol–water partition coefficient (Wildman–Crippen LogP) is 2.61. The molecule has 0 saturated carbocycles. The van der Waals surface area contributed by atoms with Gasteiger partial charge in [0.1, 0.15) is 11.6 Å². The first-order valence-corrected chi connectivity index (χ1v) is 6.74. The number of rotatable bonds is 3. The van der Waals surface area contributed by atoms with Crippen molar-refractivity contribution < 1.29 is 26.7 Å². The van der Waals surface area contributed by atoms with Crippen molar-refractivity contribution in [1.82, 2.24) is 0 Å². The van der Waals surface area contributed by atoms with Gasteiger partial charge in [-0.2, -0.15) is 0 Å². The molecule has 0 fully saturated rings. The van der Waals surface area contributed by atoms with Gasteiger partial charge in [-0.05, 0) is 12.1 Å². The first-order chi connectivity index (χ1) is 9.29. The topological polar surface area (TPSA) is 66.4 Å². The molecule has 2 N–H and O–H groups in total. The van der Waals surface area contributed by atoms with Crippen molar-refractivity contribution in [3.05, 3.63) is 53.8 Å². The molecule has 0 aliphatic rings. The molecule has 0 saturated heterocycles. The fraction of sp³-hybridized carbons (Fsp3) is 0. The van der Waals surface area contributed by atoms with Crippen LogP contribution in [0.4, 0.5) is 18.9 Å². The number of hydrogen-bond acceptors (Lipinski definition) is 3. The SMILES string of the molecule is O=S(=O)(Nc1cc(F)c(F)cc1F)c1cccc(O)c1. The Balaban J connectivity index is 2.41. The second kappa shape index (κ2) is 5.04. The molecule has 2 rings (SSSR count). The summed E-state index contributed by atoms with van der Waals surface area (Å²) in [7, 11) is -4.23. The highest BCUT2D eigenvalue weighted by atomic mass is 32.2. The van der Waals surface area contributed by atoms with E-state index in [9.17, 15) is 26.7 Å². The van der Waals surface area contributed by atoms with E-state index in [0.29, 0.717) is 6.07 Å². The molecule has 2 aromatic carbocycles. The van der Waals surface area contributed by atoms with Gasteiger partial charge in [0.25, 0.3) is 10.0 Å². The summed E-state index contributed by atoms with van der Waals surface area (Å²) in [5.74, 6) is -4.38. The van der Waals surface area contributed by atoms with Crippen molar-refractivity contribution in [2.75, 3.05) is 4.72 Å². The summed E-state index contributed by atoms with van der Waals surface area (Å²) in [5.41, 5.74) is -0.729. The summed E-state index contributed by atoms with van der Waals surface area (Å²) in [6, 6.07) is 5.23. The van der Waals surface area contributed by atoms with E-state index < -0.39 is 33.2 Å². The third-order valence-electron chi connectivity index (χ3n) is 2.38. The Labute approximate surface area is 112 Å². The molecule has 0 spiro atoms. The van der Waals surface area contributed by atoms with Gasteiger partial charge in [-0.3, -0.25) is 4.72 Å². The van der Waals surface area contributed by atoms with Crippen LogP contribution >= 0.6 is 0 Å². The Hall–Kier alpha value is -2.22. The van der Waals surface area contributed by atoms with Crippen molar-refractivity contribution in [2.24, 2.45) is 0 Å². The van der Waals surface area contributed by atoms with Crippen LogP contribution in [0.5, 0.6) is 5.75 Å². The van der Waals surface area contributed by atoms with Gasteiger partial charge in [0.2, 0.25) is 0 Å². The molecule has 0 heterocycles. The molecule has 2 aromatic rings. The second-order valence-electron chi connectivity index (χ2n) is 3.85. The number of phenolic OH excluding ortho intramolecular Hbond substituents is 1. The number of aromatic hydroxyl groups is 1. The number of sulfonamides is 1. The average molecular weight is 303 g/mol. The average Bonchev–Trinajstić information content (AvgIpc) is 2.36. The fourth-order valence-corrected chi connectivity index (χ4v) is 2.55. The molecule has 0 bridgehead atoms. The van der Waals surface area contributed by atoms with Crippen LogP contribution in [0, 0.1) is 17.5 Å². The van der Waals surface area contributed by atoms with Crippen molar-refractivity contribution in [3.8, 4) is 5.75 Å². The molecule has 4 nitrogen and oxygen atoms in total. The minimum absolute atomic E-state index is 0.232. The van der Waals surface area contributed by atoms with Gasteiger partial charge in [-0.25, -0.2) is 21.6 Å². The third kappa shape index (κ3) is 2.85. The van der Waals surface area contributed by atoms with Crippen LogP contribution in [0.2, 0.25) is 0 Å². The van der Waals surface area contributed by atoms with Gasteiger partial charge in [0.15, 0.2) is 11.6 Å². The van der Waals surface area contributed by atoms with Gasteiger partial charge in [-0.15, -0.1) is 0 Å². The molecule has 0 radical (unpaired) electrons. The van der Waals surface area contributed by atoms with Crippen molar-refractivity contribution >= 4 is 15.7 Å². The second-order valence-corrected chi connectivity index (χ2v) is 5.53. The standard InChI is InChI=1S/C12H8F3NO3S/c13-9-5-11(15)12(6-10(9)14)16-20(18,19)8-3-1-2-7(17)4-8/h1-6,16-17H. The van der Waals surface area contributed by atoms with Crippen molar-refractivity contribution in [1.29, 1.82) is 0 Å². The van der Waals surface area contributed by atoms with Crippen LogP contribution in [0.1, 0.15) is 0 Å². The molecule has 0 unspecified atom stereocenters. The largest absolute Gasteiger partial charge is 0.508 e. The highest BCUT2D eigenvalue weighted by molar-refractivity contribution is 7.92. The maximum atomic E-state index is 13.4. The Bertz CT molecular complexity index is 763. The number of benzene rings is 2. The van der Waals surface area contributed by atoms with Crippen LogP contribution in [-0.4, -0.2) is 13.5 Å². The number of nitrogens with one attached hydrogen (secondary N) is 1. The van der Waals surface area contributed by atoms with E-state index in [0.717, 1.165) is 12.1 Å². The number of halogens is 3. The van der Waals surface area contributed by atoms with Gasteiger partial charge in [0.05, 0.1) is 10.6 Å². The lowest BCUT2D eigenvalue weighted by molar-refractivity contribution is 0.473. The Morgan fingerprint density at radius 3 is 2.25 bits per heavy atom. The Morgan fingerprint density at radius 1 is 0.950 bits per heavy atom. The smallest absolute Gasteiger partial charge is 0.262 e.